The van der Waals surface area contributed by atoms with Crippen LogP contribution in [0.2, 0.25) is 0 Å². The molecular formula is C11H17FO7S. The van der Waals surface area contributed by atoms with Crippen LogP contribution in [0.3, 0.4) is 0 Å². The number of ether oxygens (including phenoxy) is 1. The van der Waals surface area contributed by atoms with E-state index >= 15 is 0 Å². The standard InChI is InChI=1S/C11H17FO7S/c12-7(6-20(16,17)18)5-19-11(15)9-4-2-1-3-8(9)10(13)14/h7-9H,1-6H2,(H,13,14)(H,16,17,18). The summed E-state index contributed by atoms with van der Waals surface area (Å²) in [5.41, 5.74) is 0. The summed E-state index contributed by atoms with van der Waals surface area (Å²) in [4.78, 5) is 22.7. The van der Waals surface area contributed by atoms with Crippen LogP contribution in [-0.4, -0.2) is 48.5 Å². The molecule has 0 heterocycles. The number of rotatable bonds is 6. The number of alkyl halides is 1. The van der Waals surface area contributed by atoms with Gasteiger partial charge in [0, 0.05) is 0 Å². The number of hydrogen-bond acceptors (Lipinski definition) is 5. The molecule has 20 heavy (non-hydrogen) atoms. The lowest BCUT2D eigenvalue weighted by Gasteiger charge is -2.26. The Kier molecular flexibility index (Phi) is 5.88. The van der Waals surface area contributed by atoms with Crippen molar-refractivity contribution in [1.82, 2.24) is 0 Å². The van der Waals surface area contributed by atoms with Gasteiger partial charge >= 0.3 is 11.9 Å². The highest BCUT2D eigenvalue weighted by atomic mass is 32.2. The Morgan fingerprint density at radius 1 is 1.25 bits per heavy atom. The molecular weight excluding hydrogens is 295 g/mol. The maximum absolute atomic E-state index is 13.1. The molecule has 7 nitrogen and oxygen atoms in total. The summed E-state index contributed by atoms with van der Waals surface area (Å²) < 4.78 is 47.1. The van der Waals surface area contributed by atoms with Gasteiger partial charge in [-0.2, -0.15) is 8.42 Å². The normalized spacial score (nSPS) is 24.9. The molecule has 2 N–H and O–H groups in total. The van der Waals surface area contributed by atoms with Crippen molar-refractivity contribution in [3.8, 4) is 0 Å². The van der Waals surface area contributed by atoms with Gasteiger partial charge < -0.3 is 9.84 Å². The fourth-order valence-corrected chi connectivity index (χ4v) is 2.82. The van der Waals surface area contributed by atoms with Crippen LogP contribution in [0.25, 0.3) is 0 Å². The van der Waals surface area contributed by atoms with Gasteiger partial charge in [0.1, 0.15) is 12.4 Å². The van der Waals surface area contributed by atoms with Crippen LogP contribution in [0.4, 0.5) is 4.39 Å². The number of aliphatic carboxylic acids is 1. The van der Waals surface area contributed by atoms with Crippen LogP contribution in [-0.2, 0) is 24.4 Å². The van der Waals surface area contributed by atoms with E-state index in [1.54, 1.807) is 0 Å². The van der Waals surface area contributed by atoms with Gasteiger partial charge in [0.05, 0.1) is 11.8 Å². The van der Waals surface area contributed by atoms with Crippen molar-refractivity contribution in [1.29, 1.82) is 0 Å². The lowest BCUT2D eigenvalue weighted by Crippen LogP contribution is -2.35. The fourth-order valence-electron chi connectivity index (χ4n) is 2.26. The summed E-state index contributed by atoms with van der Waals surface area (Å²) in [6.45, 7) is -0.818. The first-order valence-corrected chi connectivity index (χ1v) is 7.80. The van der Waals surface area contributed by atoms with E-state index in [1.165, 1.54) is 0 Å². The first kappa shape index (κ1) is 16.8. The average Bonchev–Trinajstić information content (AvgIpc) is 2.33. The molecule has 1 saturated carbocycles. The molecule has 116 valence electrons. The van der Waals surface area contributed by atoms with E-state index in [1.807, 2.05) is 0 Å². The van der Waals surface area contributed by atoms with Crippen LogP contribution >= 0.6 is 0 Å². The molecule has 9 heteroatoms. The highest BCUT2D eigenvalue weighted by Gasteiger charge is 2.37. The number of esters is 1. The average molecular weight is 312 g/mol. The Balaban J connectivity index is 2.50. The van der Waals surface area contributed by atoms with E-state index in [-0.39, 0.29) is 0 Å². The van der Waals surface area contributed by atoms with E-state index in [4.69, 9.17) is 9.66 Å². The van der Waals surface area contributed by atoms with Gasteiger partial charge in [0.15, 0.2) is 6.17 Å². The molecule has 0 aliphatic heterocycles. The summed E-state index contributed by atoms with van der Waals surface area (Å²) in [7, 11) is -4.48. The van der Waals surface area contributed by atoms with Gasteiger partial charge in [-0.15, -0.1) is 0 Å². The number of carbonyl (C=O) groups is 2. The third kappa shape index (κ3) is 5.41. The SMILES string of the molecule is O=C(O)C1CCCCC1C(=O)OCC(F)CS(=O)(=O)O. The number of carboxylic acids is 1. The number of carboxylic acid groups (broad SMARTS) is 1. The largest absolute Gasteiger partial charge is 0.481 e. The molecule has 0 aromatic carbocycles. The second kappa shape index (κ2) is 6.98. The molecule has 1 fully saturated rings. The van der Waals surface area contributed by atoms with Crippen molar-refractivity contribution >= 4 is 22.1 Å². The molecule has 1 aliphatic rings. The van der Waals surface area contributed by atoms with Crippen molar-refractivity contribution in [2.24, 2.45) is 11.8 Å². The molecule has 0 bridgehead atoms. The van der Waals surface area contributed by atoms with E-state index in [9.17, 15) is 22.4 Å². The predicted molar refractivity (Wildman–Crippen MR) is 65.4 cm³/mol. The van der Waals surface area contributed by atoms with Crippen LogP contribution < -0.4 is 0 Å². The fraction of sp³-hybridized carbons (Fsp3) is 0.818. The maximum Gasteiger partial charge on any atom is 0.309 e. The third-order valence-corrected chi connectivity index (χ3v) is 3.97. The quantitative estimate of drug-likeness (QED) is 0.546. The molecule has 1 aliphatic carbocycles. The Hall–Kier alpha value is -1.22. The van der Waals surface area contributed by atoms with Crippen molar-refractivity contribution < 1.29 is 36.8 Å². The molecule has 1 rings (SSSR count). The smallest absolute Gasteiger partial charge is 0.309 e. The Bertz CT molecular complexity index is 461. The first-order chi connectivity index (χ1) is 9.20. The predicted octanol–water partition coefficient (Wildman–Crippen LogP) is 0.647. The van der Waals surface area contributed by atoms with Crippen LogP contribution in [0, 0.1) is 11.8 Å². The Labute approximate surface area is 115 Å². The zero-order valence-electron chi connectivity index (χ0n) is 10.7. The molecule has 0 spiro atoms. The second-order valence-electron chi connectivity index (χ2n) is 4.81. The zero-order chi connectivity index (χ0) is 15.3. The first-order valence-electron chi connectivity index (χ1n) is 6.19. The Morgan fingerprint density at radius 2 is 1.80 bits per heavy atom. The molecule has 0 aromatic rings. The number of carbonyl (C=O) groups excluding carboxylic acids is 1. The molecule has 0 radical (unpaired) electrons. The summed E-state index contributed by atoms with van der Waals surface area (Å²) in [6.07, 6.45) is 0.0633. The Morgan fingerprint density at radius 3 is 2.30 bits per heavy atom. The van der Waals surface area contributed by atoms with Crippen molar-refractivity contribution in [2.45, 2.75) is 31.9 Å². The summed E-state index contributed by atoms with van der Waals surface area (Å²) in [6, 6.07) is 0. The van der Waals surface area contributed by atoms with Crippen molar-refractivity contribution in [3.05, 3.63) is 0 Å². The summed E-state index contributed by atoms with van der Waals surface area (Å²) in [5, 5.41) is 8.99. The van der Waals surface area contributed by atoms with Gasteiger partial charge in [0.2, 0.25) is 0 Å². The van der Waals surface area contributed by atoms with Gasteiger partial charge in [-0.05, 0) is 12.8 Å². The van der Waals surface area contributed by atoms with Crippen molar-refractivity contribution in [2.75, 3.05) is 12.4 Å². The van der Waals surface area contributed by atoms with Crippen LogP contribution in [0.5, 0.6) is 0 Å². The van der Waals surface area contributed by atoms with Gasteiger partial charge in [-0.1, -0.05) is 12.8 Å². The lowest BCUT2D eigenvalue weighted by molar-refractivity contribution is -0.160. The van der Waals surface area contributed by atoms with E-state index in [0.717, 1.165) is 0 Å². The summed E-state index contributed by atoms with van der Waals surface area (Å²) >= 11 is 0. The van der Waals surface area contributed by atoms with E-state index in [2.05, 4.69) is 4.74 Å². The van der Waals surface area contributed by atoms with Crippen molar-refractivity contribution in [3.63, 3.8) is 0 Å². The molecule has 3 atom stereocenters. The van der Waals surface area contributed by atoms with Gasteiger partial charge in [-0.25, -0.2) is 4.39 Å². The van der Waals surface area contributed by atoms with Gasteiger partial charge in [0.25, 0.3) is 10.1 Å². The molecule has 0 aromatic heterocycles. The topological polar surface area (TPSA) is 118 Å². The minimum atomic E-state index is -4.48. The number of hydrogen-bond donors (Lipinski definition) is 2. The summed E-state index contributed by atoms with van der Waals surface area (Å²) in [5.74, 6) is -4.78. The minimum Gasteiger partial charge on any atom is -0.481 e. The van der Waals surface area contributed by atoms with Crippen LogP contribution in [0.15, 0.2) is 0 Å². The second-order valence-corrected chi connectivity index (χ2v) is 6.31. The molecule has 0 saturated heterocycles. The maximum atomic E-state index is 13.1. The van der Waals surface area contributed by atoms with E-state index in [0.29, 0.717) is 25.7 Å². The zero-order valence-corrected chi connectivity index (χ0v) is 11.5. The van der Waals surface area contributed by atoms with Gasteiger partial charge in [-0.3, -0.25) is 14.1 Å². The van der Waals surface area contributed by atoms with Crippen LogP contribution in [0.1, 0.15) is 25.7 Å². The molecule has 3 unspecified atom stereocenters. The minimum absolute atomic E-state index is 0.352. The monoisotopic (exact) mass is 312 g/mol. The lowest BCUT2D eigenvalue weighted by atomic mass is 9.79. The third-order valence-electron chi connectivity index (χ3n) is 3.18. The molecule has 0 amide bonds. The number of halogens is 1. The highest BCUT2D eigenvalue weighted by molar-refractivity contribution is 7.85. The highest BCUT2D eigenvalue weighted by Crippen LogP contribution is 2.31. The van der Waals surface area contributed by atoms with E-state index < -0.39 is 52.4 Å².